The van der Waals surface area contributed by atoms with E-state index >= 15 is 0 Å². The minimum absolute atomic E-state index is 0.0246. The second-order valence-electron chi connectivity index (χ2n) is 11.0. The lowest BCUT2D eigenvalue weighted by Crippen LogP contribution is -2.34. The Morgan fingerprint density at radius 2 is 1.22 bits per heavy atom. The van der Waals surface area contributed by atoms with Crippen LogP contribution in [0, 0.1) is 5.41 Å². The summed E-state index contributed by atoms with van der Waals surface area (Å²) in [6, 6.07) is 0. The van der Waals surface area contributed by atoms with E-state index in [1.165, 1.54) is 25.7 Å². The number of hydrogen-bond acceptors (Lipinski definition) is 1. The van der Waals surface area contributed by atoms with Crippen LogP contribution < -0.4 is 5.32 Å². The highest BCUT2D eigenvalue weighted by Crippen LogP contribution is 2.60. The van der Waals surface area contributed by atoms with E-state index in [-0.39, 0.29) is 7.92 Å². The van der Waals surface area contributed by atoms with Crippen molar-refractivity contribution in [2.45, 2.75) is 84.7 Å². The Morgan fingerprint density at radius 1 is 0.783 bits per heavy atom. The molecule has 23 heavy (non-hydrogen) atoms. The molecule has 0 saturated heterocycles. The lowest BCUT2D eigenvalue weighted by molar-refractivity contribution is 0.369. The van der Waals surface area contributed by atoms with Crippen LogP contribution in [-0.2, 0) is 0 Å². The summed E-state index contributed by atoms with van der Waals surface area (Å²) in [6.07, 6.45) is 2.66. The van der Waals surface area contributed by atoms with Crippen molar-refractivity contribution in [3.05, 3.63) is 0 Å². The van der Waals surface area contributed by atoms with Crippen LogP contribution in [0.4, 0.5) is 0 Å². The molecule has 0 aliphatic carbocycles. The minimum atomic E-state index is -0.804. The van der Waals surface area contributed by atoms with Crippen LogP contribution in [0.3, 0.4) is 0 Å². The smallest absolute Gasteiger partial charge is 0.0749 e. The van der Waals surface area contributed by atoms with E-state index in [1.54, 1.807) is 0 Å². The first kappa shape index (κ1) is 23.8. The molecule has 1 unspecified atom stereocenters. The maximum Gasteiger partial charge on any atom is 0.0749 e. The molecule has 0 bridgehead atoms. The van der Waals surface area contributed by atoms with Crippen LogP contribution in [0.1, 0.15) is 68.7 Å². The lowest BCUT2D eigenvalue weighted by Gasteiger charge is -2.41. The number of nitrogens with one attached hydrogen (secondary N) is 1. The highest BCUT2D eigenvalue weighted by atomic mass is 31.2. The first-order valence-corrected chi connectivity index (χ1v) is 14.0. The van der Waals surface area contributed by atoms with Crippen molar-refractivity contribution in [1.82, 2.24) is 5.32 Å². The minimum Gasteiger partial charge on any atom is -0.316 e. The standard InChI is InChI=1S/C20H46NP2/c1-18(2,3)17(23(10,11)12)13-14-21-15-16-22(19(4,5)6)20(7,8)9/h17,21H,13-16H2,1-12H3/q+1. The predicted octanol–water partition coefficient (Wildman–Crippen LogP) is 6.37. The van der Waals surface area contributed by atoms with Crippen molar-refractivity contribution in [2.24, 2.45) is 5.41 Å². The van der Waals surface area contributed by atoms with Gasteiger partial charge in [-0.05, 0) is 41.4 Å². The highest BCUT2D eigenvalue weighted by molar-refractivity contribution is 7.74. The Morgan fingerprint density at radius 3 is 1.52 bits per heavy atom. The van der Waals surface area contributed by atoms with Crippen molar-refractivity contribution >= 4 is 15.2 Å². The van der Waals surface area contributed by atoms with Gasteiger partial charge in [-0.3, -0.25) is 0 Å². The molecule has 0 radical (unpaired) electrons. The summed E-state index contributed by atoms with van der Waals surface area (Å²) in [5.74, 6) is 0. The fourth-order valence-corrected chi connectivity index (χ4v) is 11.2. The molecule has 1 N–H and O–H groups in total. The predicted molar refractivity (Wildman–Crippen MR) is 117 cm³/mol. The van der Waals surface area contributed by atoms with Gasteiger partial charge in [0, 0.05) is 27.3 Å². The summed E-state index contributed by atoms with van der Waals surface area (Å²) in [5.41, 5.74) is 1.28. The quantitative estimate of drug-likeness (QED) is 0.410. The molecule has 1 nitrogen and oxygen atoms in total. The maximum absolute atomic E-state index is 3.77. The highest BCUT2D eigenvalue weighted by Gasteiger charge is 2.40. The van der Waals surface area contributed by atoms with Gasteiger partial charge < -0.3 is 5.32 Å². The SMILES string of the molecule is CC(C)(C)C(CCNCCP(C(C)(C)C)C(C)(C)C)[P+](C)(C)C. The Labute approximate surface area is 150 Å². The van der Waals surface area contributed by atoms with Crippen LogP contribution in [0.15, 0.2) is 0 Å². The second kappa shape index (κ2) is 8.47. The molecular formula is C20H46NP2+. The van der Waals surface area contributed by atoms with Gasteiger partial charge in [0.15, 0.2) is 0 Å². The van der Waals surface area contributed by atoms with Gasteiger partial charge in [0.2, 0.25) is 0 Å². The average molecular weight is 363 g/mol. The van der Waals surface area contributed by atoms with Gasteiger partial charge in [-0.15, -0.1) is 0 Å². The van der Waals surface area contributed by atoms with Crippen molar-refractivity contribution in [3.63, 3.8) is 0 Å². The molecule has 0 rings (SSSR count). The zero-order valence-corrected chi connectivity index (χ0v) is 20.1. The van der Waals surface area contributed by atoms with Gasteiger partial charge in [0.25, 0.3) is 0 Å². The summed E-state index contributed by atoms with van der Waals surface area (Å²) in [5, 5.41) is 4.66. The third kappa shape index (κ3) is 9.18. The molecule has 0 aromatic carbocycles. The van der Waals surface area contributed by atoms with Gasteiger partial charge in [-0.1, -0.05) is 70.2 Å². The van der Waals surface area contributed by atoms with Crippen LogP contribution in [-0.4, -0.2) is 55.2 Å². The summed E-state index contributed by atoms with van der Waals surface area (Å²) >= 11 is 0. The Bertz CT molecular complexity index is 275. The molecule has 0 spiro atoms. The molecular weight excluding hydrogens is 316 g/mol. The third-order valence-electron chi connectivity index (χ3n) is 4.66. The molecule has 0 aromatic heterocycles. The Kier molecular flexibility index (Phi) is 8.77. The van der Waals surface area contributed by atoms with Crippen LogP contribution in [0.5, 0.6) is 0 Å². The third-order valence-corrected chi connectivity index (χ3v) is 11.5. The van der Waals surface area contributed by atoms with Gasteiger partial charge in [0.1, 0.15) is 0 Å². The molecule has 0 aliphatic rings. The van der Waals surface area contributed by atoms with Crippen molar-refractivity contribution < 1.29 is 0 Å². The fourth-order valence-electron chi connectivity index (χ4n) is 4.21. The topological polar surface area (TPSA) is 12.0 Å². The molecule has 0 aliphatic heterocycles. The molecule has 0 aromatic rings. The van der Waals surface area contributed by atoms with E-state index in [2.05, 4.69) is 87.6 Å². The van der Waals surface area contributed by atoms with Gasteiger partial charge in [0.05, 0.1) is 5.66 Å². The molecule has 0 amide bonds. The van der Waals surface area contributed by atoms with Crippen molar-refractivity contribution in [1.29, 1.82) is 0 Å². The molecule has 0 heterocycles. The molecule has 0 fully saturated rings. The van der Waals surface area contributed by atoms with E-state index < -0.39 is 7.26 Å². The zero-order valence-electron chi connectivity index (χ0n) is 18.3. The summed E-state index contributed by atoms with van der Waals surface area (Å²) in [4.78, 5) is 0. The Hall–Kier alpha value is 0.820. The zero-order chi connectivity index (χ0) is 18.7. The molecule has 140 valence electrons. The maximum atomic E-state index is 3.77. The van der Waals surface area contributed by atoms with Gasteiger partial charge in [-0.25, -0.2) is 0 Å². The van der Waals surface area contributed by atoms with Gasteiger partial charge >= 0.3 is 0 Å². The van der Waals surface area contributed by atoms with E-state index in [0.717, 1.165) is 5.66 Å². The monoisotopic (exact) mass is 362 g/mol. The molecule has 0 saturated carbocycles. The largest absolute Gasteiger partial charge is 0.316 e. The van der Waals surface area contributed by atoms with Crippen LogP contribution in [0.2, 0.25) is 0 Å². The number of hydrogen-bond donors (Lipinski definition) is 1. The average Bonchev–Trinajstić information content (AvgIpc) is 2.19. The second-order valence-corrected chi connectivity index (χ2v) is 19.9. The summed E-state index contributed by atoms with van der Waals surface area (Å²) in [7, 11) is -0.780. The van der Waals surface area contributed by atoms with Crippen LogP contribution in [0.25, 0.3) is 0 Å². The van der Waals surface area contributed by atoms with Crippen molar-refractivity contribution in [2.75, 3.05) is 39.2 Å². The van der Waals surface area contributed by atoms with E-state index in [0.29, 0.717) is 15.7 Å². The van der Waals surface area contributed by atoms with E-state index in [9.17, 15) is 0 Å². The normalized spacial score (nSPS) is 16.0. The van der Waals surface area contributed by atoms with E-state index in [4.69, 9.17) is 0 Å². The first-order valence-electron chi connectivity index (χ1n) is 9.27. The van der Waals surface area contributed by atoms with Crippen LogP contribution >= 0.6 is 15.2 Å². The van der Waals surface area contributed by atoms with Crippen molar-refractivity contribution in [3.8, 4) is 0 Å². The van der Waals surface area contributed by atoms with Gasteiger partial charge in [-0.2, -0.15) is 0 Å². The lowest BCUT2D eigenvalue weighted by atomic mass is 9.90. The molecule has 1 atom stereocenters. The summed E-state index contributed by atoms with van der Waals surface area (Å²) < 4.78 is 0. The summed E-state index contributed by atoms with van der Waals surface area (Å²) in [6.45, 7) is 31.6. The fraction of sp³-hybridized carbons (Fsp3) is 1.00. The number of rotatable bonds is 7. The first-order chi connectivity index (χ1) is 9.97. The Balaban J connectivity index is 4.46. The molecule has 3 heteroatoms. The van der Waals surface area contributed by atoms with E-state index in [1.807, 2.05) is 0 Å².